The van der Waals surface area contributed by atoms with Gasteiger partial charge < -0.3 is 30.0 Å². The van der Waals surface area contributed by atoms with Gasteiger partial charge >= 0.3 is 5.97 Å². The third-order valence-corrected chi connectivity index (χ3v) is 10.1. The number of benzene rings is 3. The lowest BCUT2D eigenvalue weighted by Crippen LogP contribution is -2.56. The molecule has 1 aliphatic heterocycles. The molecule has 1 aliphatic rings. The SMILES string of the molecule is CO[C@@H]1C(=O)O[C@H](C)[C@H](C)/C=C(\C)C[C@H](C)C(=O)N[C@@H](C)C(=O)N(C)[C@H](Cc2c[nH]c3ccccc23)C(=O)N[C@H]1c1ccc(-c2ccccc2)cc1. The van der Waals surface area contributed by atoms with Crippen LogP contribution in [0.4, 0.5) is 0 Å². The van der Waals surface area contributed by atoms with E-state index in [9.17, 15) is 19.2 Å². The Kier molecular flexibility index (Phi) is 12.3. The first-order valence-corrected chi connectivity index (χ1v) is 17.9. The highest BCUT2D eigenvalue weighted by atomic mass is 16.6. The molecular weight excluding hydrogens is 656 g/mol. The number of aromatic nitrogens is 1. The van der Waals surface area contributed by atoms with Crippen LogP contribution in [0.5, 0.6) is 0 Å². The molecule has 0 unspecified atom stereocenters. The largest absolute Gasteiger partial charge is 0.460 e. The minimum atomic E-state index is -1.21. The molecule has 10 nitrogen and oxygen atoms in total. The van der Waals surface area contributed by atoms with Gasteiger partial charge in [-0.3, -0.25) is 14.4 Å². The van der Waals surface area contributed by atoms with E-state index >= 15 is 0 Å². The number of para-hydroxylation sites is 1. The van der Waals surface area contributed by atoms with E-state index in [1.807, 2.05) is 119 Å². The zero-order chi connectivity index (χ0) is 37.5. The molecule has 1 aromatic heterocycles. The zero-order valence-electron chi connectivity index (χ0n) is 31.0. The number of aromatic amines is 1. The number of allylic oxidation sites excluding steroid dienone is 1. The van der Waals surface area contributed by atoms with E-state index in [0.717, 1.165) is 33.2 Å². The van der Waals surface area contributed by atoms with E-state index in [1.54, 1.807) is 14.0 Å². The van der Waals surface area contributed by atoms with Crippen molar-refractivity contribution in [2.45, 2.75) is 77.8 Å². The van der Waals surface area contributed by atoms with Gasteiger partial charge in [-0.1, -0.05) is 98.3 Å². The monoisotopic (exact) mass is 706 g/mol. The topological polar surface area (TPSA) is 130 Å². The molecule has 4 aromatic rings. The number of nitrogens with one attached hydrogen (secondary N) is 3. The van der Waals surface area contributed by atoms with Gasteiger partial charge in [-0.2, -0.15) is 0 Å². The maximum Gasteiger partial charge on any atom is 0.338 e. The summed E-state index contributed by atoms with van der Waals surface area (Å²) in [7, 11) is 2.98. The number of hydrogen-bond acceptors (Lipinski definition) is 6. The fraction of sp³-hybridized carbons (Fsp3) is 0.381. The average Bonchev–Trinajstić information content (AvgIpc) is 3.55. The number of nitrogens with zero attached hydrogens (tertiary/aromatic N) is 1. The number of methoxy groups -OCH3 is 1. The summed E-state index contributed by atoms with van der Waals surface area (Å²) in [6.45, 7) is 9.13. The van der Waals surface area contributed by atoms with Crippen LogP contribution in [-0.4, -0.2) is 72.0 Å². The van der Waals surface area contributed by atoms with E-state index in [2.05, 4.69) is 15.6 Å². The average molecular weight is 707 g/mol. The predicted octanol–water partition coefficient (Wildman–Crippen LogP) is 6.14. The number of amides is 3. The van der Waals surface area contributed by atoms with Crippen molar-refractivity contribution in [3.05, 3.63) is 108 Å². The second-order valence-corrected chi connectivity index (χ2v) is 14.0. The number of rotatable bonds is 5. The number of esters is 1. The van der Waals surface area contributed by atoms with Gasteiger partial charge in [0, 0.05) is 49.5 Å². The summed E-state index contributed by atoms with van der Waals surface area (Å²) in [5.74, 6) is -2.43. The minimum absolute atomic E-state index is 0.162. The van der Waals surface area contributed by atoms with Crippen molar-refractivity contribution >= 4 is 34.6 Å². The summed E-state index contributed by atoms with van der Waals surface area (Å²) in [5.41, 5.74) is 5.29. The lowest BCUT2D eigenvalue weighted by Gasteiger charge is -2.33. The standard InChI is InChI=1S/C42H50N4O6/c1-25-21-26(2)29(5)52-42(50)38(51-7)37(32-19-17-31(18-20-32)30-13-9-8-10-14-30)45-40(48)36(23-33-24-43-35-16-12-11-15-34(33)35)46(6)41(49)28(4)44-39(47)27(3)22-25/h8-21,24,26-29,36-38,43H,22-23H2,1-7H3,(H,44,47)(H,45,48)/b25-21+/t26-,27+,28+,29-,36-,37+,38+/m1/s1. The highest BCUT2D eigenvalue weighted by Crippen LogP contribution is 2.28. The molecule has 0 aliphatic carbocycles. The van der Waals surface area contributed by atoms with Gasteiger partial charge in [0.05, 0.1) is 6.04 Å². The lowest BCUT2D eigenvalue weighted by atomic mass is 9.95. The summed E-state index contributed by atoms with van der Waals surface area (Å²) in [6.07, 6.45) is 2.71. The molecule has 2 heterocycles. The molecule has 10 heteroatoms. The summed E-state index contributed by atoms with van der Waals surface area (Å²) in [4.78, 5) is 60.5. The van der Waals surface area contributed by atoms with E-state index in [1.165, 1.54) is 12.0 Å². The molecule has 0 bridgehead atoms. The number of carbonyl (C=O) groups is 4. The zero-order valence-corrected chi connectivity index (χ0v) is 31.0. The summed E-state index contributed by atoms with van der Waals surface area (Å²) in [6, 6.07) is 22.3. The van der Waals surface area contributed by atoms with Gasteiger partial charge in [-0.15, -0.1) is 0 Å². The summed E-state index contributed by atoms with van der Waals surface area (Å²) in [5, 5.41) is 6.87. The van der Waals surface area contributed by atoms with Crippen molar-refractivity contribution in [2.75, 3.05) is 14.2 Å². The number of H-pyrrole nitrogens is 1. The molecule has 3 amide bonds. The van der Waals surface area contributed by atoms with E-state index < -0.39 is 54.0 Å². The summed E-state index contributed by atoms with van der Waals surface area (Å²) < 4.78 is 11.8. The van der Waals surface area contributed by atoms with E-state index in [-0.39, 0.29) is 18.2 Å². The Labute approximate surface area is 306 Å². The molecule has 5 rings (SSSR count). The molecule has 274 valence electrons. The molecule has 0 saturated carbocycles. The van der Waals surface area contributed by atoms with Gasteiger partial charge in [-0.05, 0) is 55.5 Å². The van der Waals surface area contributed by atoms with Crippen molar-refractivity contribution < 1.29 is 28.7 Å². The Hall–Kier alpha value is -5.22. The van der Waals surface area contributed by atoms with Crippen molar-refractivity contribution in [3.8, 4) is 11.1 Å². The predicted molar refractivity (Wildman–Crippen MR) is 202 cm³/mol. The fourth-order valence-electron chi connectivity index (χ4n) is 6.84. The van der Waals surface area contributed by atoms with Crippen molar-refractivity contribution in [1.29, 1.82) is 0 Å². The third-order valence-electron chi connectivity index (χ3n) is 10.1. The molecule has 0 radical (unpaired) electrons. The normalized spacial score (nSPS) is 26.8. The Morgan fingerprint density at radius 1 is 0.827 bits per heavy atom. The molecule has 3 aromatic carbocycles. The number of hydrogen-bond donors (Lipinski definition) is 3. The molecular formula is C42H50N4O6. The minimum Gasteiger partial charge on any atom is -0.460 e. The van der Waals surface area contributed by atoms with Crippen LogP contribution >= 0.6 is 0 Å². The molecule has 0 saturated heterocycles. The Balaban J connectivity index is 1.58. The van der Waals surface area contributed by atoms with Crippen LogP contribution in [0, 0.1) is 11.8 Å². The van der Waals surface area contributed by atoms with Gasteiger partial charge in [0.1, 0.15) is 18.2 Å². The lowest BCUT2D eigenvalue weighted by molar-refractivity contribution is -0.164. The van der Waals surface area contributed by atoms with Crippen LogP contribution in [0.3, 0.4) is 0 Å². The number of fused-ring (bicyclic) bond motifs is 1. The van der Waals surface area contributed by atoms with Crippen molar-refractivity contribution in [2.24, 2.45) is 11.8 Å². The Bertz CT molecular complexity index is 1900. The first kappa shape index (κ1) is 38.0. The van der Waals surface area contributed by atoms with Crippen LogP contribution < -0.4 is 10.6 Å². The van der Waals surface area contributed by atoms with Crippen molar-refractivity contribution in [3.63, 3.8) is 0 Å². The maximum atomic E-state index is 14.6. The maximum absolute atomic E-state index is 14.6. The fourth-order valence-corrected chi connectivity index (χ4v) is 6.84. The second kappa shape index (κ2) is 16.9. The molecule has 0 spiro atoms. The number of cyclic esters (lactones) is 1. The third kappa shape index (κ3) is 8.80. The second-order valence-electron chi connectivity index (χ2n) is 14.0. The van der Waals surface area contributed by atoms with Crippen LogP contribution in [0.2, 0.25) is 0 Å². The quantitative estimate of drug-likeness (QED) is 0.169. The van der Waals surface area contributed by atoms with Crippen LogP contribution in [-0.2, 0) is 35.1 Å². The number of carbonyl (C=O) groups excluding carboxylic acids is 4. The summed E-state index contributed by atoms with van der Waals surface area (Å²) >= 11 is 0. The van der Waals surface area contributed by atoms with Gasteiger partial charge in [-0.25, -0.2) is 4.79 Å². The van der Waals surface area contributed by atoms with Gasteiger partial charge in [0.2, 0.25) is 17.7 Å². The van der Waals surface area contributed by atoms with E-state index in [4.69, 9.17) is 9.47 Å². The Morgan fingerprint density at radius 3 is 2.17 bits per heavy atom. The highest BCUT2D eigenvalue weighted by molar-refractivity contribution is 5.93. The first-order valence-electron chi connectivity index (χ1n) is 17.9. The van der Waals surface area contributed by atoms with Gasteiger partial charge in [0.15, 0.2) is 6.10 Å². The first-order chi connectivity index (χ1) is 24.9. The van der Waals surface area contributed by atoms with Crippen LogP contribution in [0.1, 0.15) is 58.2 Å². The van der Waals surface area contributed by atoms with Crippen LogP contribution in [0.25, 0.3) is 22.0 Å². The Morgan fingerprint density at radius 2 is 1.48 bits per heavy atom. The molecule has 0 fully saturated rings. The molecule has 52 heavy (non-hydrogen) atoms. The van der Waals surface area contributed by atoms with Gasteiger partial charge in [0.25, 0.3) is 0 Å². The molecule has 7 atom stereocenters. The van der Waals surface area contributed by atoms with E-state index in [0.29, 0.717) is 12.0 Å². The molecule has 3 N–H and O–H groups in total. The smallest absolute Gasteiger partial charge is 0.338 e. The number of likely N-dealkylation sites (N-methyl/N-ethyl adjacent to an activating group) is 1. The van der Waals surface area contributed by atoms with Crippen molar-refractivity contribution in [1.82, 2.24) is 20.5 Å². The number of ether oxygens (including phenoxy) is 2. The highest BCUT2D eigenvalue weighted by Gasteiger charge is 2.38. The van der Waals surface area contributed by atoms with Crippen LogP contribution in [0.15, 0.2) is 96.7 Å².